The molecule has 8 nitrogen and oxygen atoms in total. The number of aromatic amines is 1. The smallest absolute Gasteiger partial charge is 0.257 e. The van der Waals surface area contributed by atoms with E-state index in [1.807, 2.05) is 69.4 Å². The third-order valence-corrected chi connectivity index (χ3v) is 6.45. The minimum atomic E-state index is -1.13. The highest BCUT2D eigenvalue weighted by Crippen LogP contribution is 2.42. The summed E-state index contributed by atoms with van der Waals surface area (Å²) in [6.45, 7) is 5.66. The van der Waals surface area contributed by atoms with Crippen LogP contribution in [0.15, 0.2) is 60.8 Å². The highest BCUT2D eigenvalue weighted by atomic mass is 16.5. The molecule has 0 aliphatic carbocycles. The molecule has 0 aliphatic rings. The Balaban J connectivity index is 1.67. The van der Waals surface area contributed by atoms with E-state index in [2.05, 4.69) is 10.3 Å². The molecule has 4 rings (SSSR count). The van der Waals surface area contributed by atoms with E-state index < -0.39 is 12.1 Å². The van der Waals surface area contributed by atoms with Gasteiger partial charge in [0, 0.05) is 23.0 Å². The van der Waals surface area contributed by atoms with Crippen LogP contribution in [0.1, 0.15) is 42.6 Å². The van der Waals surface area contributed by atoms with Gasteiger partial charge in [-0.1, -0.05) is 31.2 Å². The summed E-state index contributed by atoms with van der Waals surface area (Å²) in [4.78, 5) is 16.7. The number of methoxy groups -OCH3 is 3. The molecule has 0 fully saturated rings. The van der Waals surface area contributed by atoms with Gasteiger partial charge in [0.25, 0.3) is 5.91 Å². The Morgan fingerprint density at radius 3 is 2.18 bits per heavy atom. The molecular weight excluding hydrogens is 484 g/mol. The molecule has 1 aromatic heterocycles. The number of rotatable bonds is 10. The predicted octanol–water partition coefficient (Wildman–Crippen LogP) is 5.50. The number of nitrogens with one attached hydrogen (secondary N) is 2. The zero-order valence-electron chi connectivity index (χ0n) is 22.5. The fraction of sp³-hybridized carbons (Fsp3) is 0.300. The van der Waals surface area contributed by atoms with Gasteiger partial charge in [0.1, 0.15) is 12.0 Å². The average molecular weight is 519 g/mol. The molecule has 200 valence electrons. The van der Waals surface area contributed by atoms with Gasteiger partial charge in [0.05, 0.1) is 33.0 Å². The summed E-state index contributed by atoms with van der Waals surface area (Å²) in [5.74, 6) is 1.08. The standard InChI is InChI=1S/C30H34N2O6/c1-17(2)38-25-12-11-19(20-14-26(35-4)28(37-6)27(15-20)36-5)13-22(25)30(34)32-29(33)18(3)23-16-31-24-10-8-7-9-21(23)24/h7-18,29,31,33H,1-6H3,(H,32,34)/t18?,29-/m1/s1. The molecule has 1 amide bonds. The zero-order valence-corrected chi connectivity index (χ0v) is 22.5. The molecule has 0 radical (unpaired) electrons. The molecule has 2 atom stereocenters. The van der Waals surface area contributed by atoms with E-state index in [0.29, 0.717) is 28.6 Å². The van der Waals surface area contributed by atoms with Gasteiger partial charge in [0.15, 0.2) is 11.5 Å². The second-order valence-corrected chi connectivity index (χ2v) is 9.29. The summed E-state index contributed by atoms with van der Waals surface area (Å²) in [7, 11) is 4.65. The maximum atomic E-state index is 13.5. The van der Waals surface area contributed by atoms with Gasteiger partial charge in [-0.05, 0) is 60.9 Å². The summed E-state index contributed by atoms with van der Waals surface area (Å²) < 4.78 is 22.4. The number of carbonyl (C=O) groups excluding carboxylic acids is 1. The number of para-hydroxylation sites is 1. The second kappa shape index (κ2) is 11.5. The van der Waals surface area contributed by atoms with E-state index in [1.165, 1.54) is 0 Å². The molecule has 3 N–H and O–H groups in total. The van der Waals surface area contributed by atoms with Crippen molar-refractivity contribution in [3.8, 4) is 34.1 Å². The number of ether oxygens (including phenoxy) is 4. The molecule has 3 aromatic carbocycles. The third-order valence-electron chi connectivity index (χ3n) is 6.45. The maximum absolute atomic E-state index is 13.5. The van der Waals surface area contributed by atoms with E-state index in [-0.39, 0.29) is 12.0 Å². The number of carbonyl (C=O) groups is 1. The summed E-state index contributed by atoms with van der Waals surface area (Å²) >= 11 is 0. The maximum Gasteiger partial charge on any atom is 0.257 e. The van der Waals surface area contributed by atoms with Crippen molar-refractivity contribution >= 4 is 16.8 Å². The molecular formula is C30H34N2O6. The highest BCUT2D eigenvalue weighted by Gasteiger charge is 2.24. The van der Waals surface area contributed by atoms with E-state index in [9.17, 15) is 9.90 Å². The highest BCUT2D eigenvalue weighted by molar-refractivity contribution is 5.98. The van der Waals surface area contributed by atoms with Crippen molar-refractivity contribution in [2.75, 3.05) is 21.3 Å². The van der Waals surface area contributed by atoms with E-state index in [1.54, 1.807) is 33.5 Å². The van der Waals surface area contributed by atoms with Crippen LogP contribution in [0.5, 0.6) is 23.0 Å². The van der Waals surface area contributed by atoms with Crippen LogP contribution < -0.4 is 24.3 Å². The number of aromatic nitrogens is 1. The zero-order chi connectivity index (χ0) is 27.4. The Morgan fingerprint density at radius 1 is 0.868 bits per heavy atom. The van der Waals surface area contributed by atoms with E-state index >= 15 is 0 Å². The Kier molecular flexibility index (Phi) is 8.12. The van der Waals surface area contributed by atoms with Gasteiger partial charge in [-0.3, -0.25) is 4.79 Å². The van der Waals surface area contributed by atoms with Crippen LogP contribution >= 0.6 is 0 Å². The number of fused-ring (bicyclic) bond motifs is 1. The van der Waals surface area contributed by atoms with Crippen molar-refractivity contribution in [1.29, 1.82) is 0 Å². The molecule has 1 unspecified atom stereocenters. The minimum Gasteiger partial charge on any atom is -0.493 e. The fourth-order valence-corrected chi connectivity index (χ4v) is 4.47. The van der Waals surface area contributed by atoms with Crippen molar-refractivity contribution in [2.45, 2.75) is 39.0 Å². The van der Waals surface area contributed by atoms with Crippen molar-refractivity contribution in [2.24, 2.45) is 0 Å². The molecule has 38 heavy (non-hydrogen) atoms. The lowest BCUT2D eigenvalue weighted by Gasteiger charge is -2.22. The number of amides is 1. The van der Waals surface area contributed by atoms with Gasteiger partial charge in [0.2, 0.25) is 5.75 Å². The summed E-state index contributed by atoms with van der Waals surface area (Å²) in [5, 5.41) is 14.8. The molecule has 1 heterocycles. The van der Waals surface area contributed by atoms with Gasteiger partial charge in [-0.15, -0.1) is 0 Å². The first-order chi connectivity index (χ1) is 18.3. The monoisotopic (exact) mass is 518 g/mol. The van der Waals surface area contributed by atoms with Gasteiger partial charge in [-0.2, -0.15) is 0 Å². The SMILES string of the molecule is COc1cc(-c2ccc(OC(C)C)c(C(=O)N[C@H](O)C(C)c3c[nH]c4ccccc34)c2)cc(OC)c1OC. The number of aliphatic hydroxyl groups excluding tert-OH is 1. The summed E-state index contributed by atoms with van der Waals surface area (Å²) in [6.07, 6.45) is 0.588. The predicted molar refractivity (Wildman–Crippen MR) is 147 cm³/mol. The Bertz CT molecular complexity index is 1400. The van der Waals surface area contributed by atoms with Crippen molar-refractivity contribution in [1.82, 2.24) is 10.3 Å². The van der Waals surface area contributed by atoms with E-state index in [0.717, 1.165) is 27.6 Å². The quantitative estimate of drug-likeness (QED) is 0.240. The molecule has 0 saturated heterocycles. The molecule has 8 heteroatoms. The van der Waals surface area contributed by atoms with Crippen molar-refractivity contribution in [3.05, 3.63) is 71.9 Å². The molecule has 0 saturated carbocycles. The van der Waals surface area contributed by atoms with Crippen LogP contribution in [0.25, 0.3) is 22.0 Å². The Morgan fingerprint density at radius 2 is 1.55 bits per heavy atom. The lowest BCUT2D eigenvalue weighted by atomic mass is 9.98. The van der Waals surface area contributed by atoms with Crippen molar-refractivity contribution in [3.63, 3.8) is 0 Å². The first-order valence-electron chi connectivity index (χ1n) is 12.4. The first-order valence-corrected chi connectivity index (χ1v) is 12.4. The lowest BCUT2D eigenvalue weighted by Crippen LogP contribution is -2.38. The van der Waals surface area contributed by atoms with Crippen LogP contribution in [-0.2, 0) is 0 Å². The molecule has 0 spiro atoms. The van der Waals surface area contributed by atoms with Crippen LogP contribution in [0.4, 0.5) is 0 Å². The number of hydrogen-bond acceptors (Lipinski definition) is 6. The summed E-state index contributed by atoms with van der Waals surface area (Å²) in [5.41, 5.74) is 3.69. The minimum absolute atomic E-state index is 0.149. The third kappa shape index (κ3) is 5.40. The number of H-pyrrole nitrogens is 1. The van der Waals surface area contributed by atoms with Crippen LogP contribution in [0, 0.1) is 0 Å². The number of hydrogen-bond donors (Lipinski definition) is 3. The Hall–Kier alpha value is -4.17. The van der Waals surface area contributed by atoms with Gasteiger partial charge in [-0.25, -0.2) is 0 Å². The molecule has 4 aromatic rings. The first kappa shape index (κ1) is 26.9. The van der Waals surface area contributed by atoms with Gasteiger partial charge >= 0.3 is 0 Å². The topological polar surface area (TPSA) is 102 Å². The summed E-state index contributed by atoms with van der Waals surface area (Å²) in [6, 6.07) is 16.8. The average Bonchev–Trinajstić information content (AvgIpc) is 3.35. The van der Waals surface area contributed by atoms with Crippen LogP contribution in [0.2, 0.25) is 0 Å². The fourth-order valence-electron chi connectivity index (χ4n) is 4.47. The Labute approximate surface area is 222 Å². The van der Waals surface area contributed by atoms with E-state index in [4.69, 9.17) is 18.9 Å². The normalized spacial score (nSPS) is 12.7. The lowest BCUT2D eigenvalue weighted by molar-refractivity contribution is 0.0723. The number of benzene rings is 3. The largest absolute Gasteiger partial charge is 0.493 e. The molecule has 0 aliphatic heterocycles. The van der Waals surface area contributed by atoms with Crippen molar-refractivity contribution < 1.29 is 28.8 Å². The molecule has 0 bridgehead atoms. The number of aliphatic hydroxyl groups is 1. The van der Waals surface area contributed by atoms with Gasteiger partial charge < -0.3 is 34.4 Å². The van der Waals surface area contributed by atoms with Crippen LogP contribution in [0.3, 0.4) is 0 Å². The van der Waals surface area contributed by atoms with Crippen LogP contribution in [-0.4, -0.2) is 49.7 Å². The second-order valence-electron chi connectivity index (χ2n) is 9.29.